The molecular weight excluding hydrogens is 206 g/mol. The Bertz CT molecular complexity index is 235. The molecule has 1 rings (SSSR count). The predicted molar refractivity (Wildman–Crippen MR) is 48.7 cm³/mol. The molecule has 0 aromatic rings. The van der Waals surface area contributed by atoms with Crippen LogP contribution in [0.2, 0.25) is 0 Å². The fraction of sp³-hybridized carbons (Fsp3) is 0.750. The molecule has 1 heterocycles. The molecule has 6 N–H and O–H groups in total. The van der Waals surface area contributed by atoms with Crippen molar-refractivity contribution < 1.29 is 30.3 Å². The van der Waals surface area contributed by atoms with Crippen LogP contribution in [0.5, 0.6) is 0 Å². The maximum atomic E-state index is 9.54. The van der Waals surface area contributed by atoms with Gasteiger partial charge < -0.3 is 35.6 Å². The molecule has 0 bridgehead atoms. The van der Waals surface area contributed by atoms with Gasteiger partial charge in [-0.25, -0.2) is 0 Å². The largest absolute Gasteiger partial charge is 0.495 e. The van der Waals surface area contributed by atoms with Crippen molar-refractivity contribution in [3.05, 3.63) is 12.5 Å². The van der Waals surface area contributed by atoms with Gasteiger partial charge in [-0.2, -0.15) is 0 Å². The summed E-state index contributed by atoms with van der Waals surface area (Å²) in [4.78, 5) is 0. The van der Waals surface area contributed by atoms with Gasteiger partial charge in [-0.1, -0.05) is 0 Å². The summed E-state index contributed by atoms with van der Waals surface area (Å²) in [5, 5.41) is 48.2. The van der Waals surface area contributed by atoms with Crippen molar-refractivity contribution in [3.8, 4) is 0 Å². The lowest BCUT2D eigenvalue weighted by Crippen LogP contribution is -2.63. The van der Waals surface area contributed by atoms with Crippen LogP contribution < -0.4 is 5.32 Å². The van der Waals surface area contributed by atoms with Crippen LogP contribution in [0.15, 0.2) is 12.5 Å². The predicted octanol–water partition coefficient (Wildman–Crippen LogP) is -2.59. The summed E-state index contributed by atoms with van der Waals surface area (Å²) < 4.78 is 4.81. The highest BCUT2D eigenvalue weighted by molar-refractivity contribution is 4.96. The van der Waals surface area contributed by atoms with Crippen molar-refractivity contribution in [2.45, 2.75) is 30.6 Å². The monoisotopic (exact) mass is 221 g/mol. The molecule has 1 aliphatic heterocycles. The first-order valence-electron chi connectivity index (χ1n) is 4.42. The fourth-order valence-electron chi connectivity index (χ4n) is 1.45. The van der Waals surface area contributed by atoms with Crippen molar-refractivity contribution in [3.63, 3.8) is 0 Å². The van der Waals surface area contributed by atoms with Gasteiger partial charge in [0.15, 0.2) is 12.2 Å². The van der Waals surface area contributed by atoms with Crippen LogP contribution in [0, 0.1) is 0 Å². The molecular formula is C8H15NO6. The quantitative estimate of drug-likeness (QED) is 0.289. The van der Waals surface area contributed by atoms with E-state index in [9.17, 15) is 15.3 Å². The minimum atomic E-state index is -1.45. The van der Waals surface area contributed by atoms with E-state index in [4.69, 9.17) is 14.9 Å². The third-order valence-corrected chi connectivity index (χ3v) is 2.23. The molecule has 0 aromatic heterocycles. The van der Waals surface area contributed by atoms with Gasteiger partial charge in [0.2, 0.25) is 0 Å². The fourth-order valence-corrected chi connectivity index (χ4v) is 1.45. The lowest BCUT2D eigenvalue weighted by molar-refractivity contribution is -0.254. The maximum Gasteiger partial charge on any atom is 0.178 e. The summed E-state index contributed by atoms with van der Waals surface area (Å²) in [6.07, 6.45) is -5.24. The number of hydrogen-bond acceptors (Lipinski definition) is 7. The molecule has 15 heavy (non-hydrogen) atoms. The van der Waals surface area contributed by atoms with Crippen LogP contribution in [0.4, 0.5) is 0 Å². The van der Waals surface area contributed by atoms with E-state index >= 15 is 0 Å². The highest BCUT2D eigenvalue weighted by Gasteiger charge is 2.43. The zero-order valence-electron chi connectivity index (χ0n) is 7.95. The van der Waals surface area contributed by atoms with Gasteiger partial charge in [0.05, 0.1) is 6.61 Å². The molecule has 1 saturated heterocycles. The molecule has 5 atom stereocenters. The first-order valence-corrected chi connectivity index (χ1v) is 4.42. The summed E-state index contributed by atoms with van der Waals surface area (Å²) in [5.74, 6) is -0.462. The molecule has 0 unspecified atom stereocenters. The minimum Gasteiger partial charge on any atom is -0.495 e. The molecule has 0 aromatic carbocycles. The van der Waals surface area contributed by atoms with E-state index in [1.807, 2.05) is 0 Å². The number of aliphatic hydroxyl groups excluding tert-OH is 5. The van der Waals surface area contributed by atoms with Crippen LogP contribution in [0.25, 0.3) is 0 Å². The first-order chi connectivity index (χ1) is 6.97. The van der Waals surface area contributed by atoms with E-state index in [1.54, 1.807) is 0 Å². The minimum absolute atomic E-state index is 0.462. The molecule has 88 valence electrons. The van der Waals surface area contributed by atoms with Gasteiger partial charge in [-0.15, -0.1) is 0 Å². The van der Waals surface area contributed by atoms with Crippen molar-refractivity contribution in [2.24, 2.45) is 0 Å². The number of hydrogen-bond donors (Lipinski definition) is 6. The van der Waals surface area contributed by atoms with Gasteiger partial charge in [0, 0.05) is 0 Å². The summed E-state index contributed by atoms with van der Waals surface area (Å²) in [6.45, 7) is 2.59. The highest BCUT2D eigenvalue weighted by Crippen LogP contribution is 2.19. The number of rotatable bonds is 3. The molecule has 7 heteroatoms. The SMILES string of the molecule is C=C(O)N[C@@H]1[C@@H](O)[C@H](O)[C@@H](CO)O[C@H]1O. The van der Waals surface area contributed by atoms with Crippen molar-refractivity contribution in [1.82, 2.24) is 5.32 Å². The Labute approximate surface area is 86.2 Å². The topological polar surface area (TPSA) is 122 Å². The Morgan fingerprint density at radius 2 is 1.87 bits per heavy atom. The molecule has 0 amide bonds. The molecule has 0 aliphatic carbocycles. The smallest absolute Gasteiger partial charge is 0.178 e. The normalized spacial score (nSPS) is 41.2. The second-order valence-electron chi connectivity index (χ2n) is 3.35. The van der Waals surface area contributed by atoms with E-state index in [-0.39, 0.29) is 0 Å². The van der Waals surface area contributed by atoms with E-state index < -0.39 is 43.1 Å². The van der Waals surface area contributed by atoms with E-state index in [2.05, 4.69) is 11.9 Å². The summed E-state index contributed by atoms with van der Waals surface area (Å²) >= 11 is 0. The van der Waals surface area contributed by atoms with Crippen LogP contribution in [-0.2, 0) is 4.74 Å². The Kier molecular flexibility index (Phi) is 3.89. The average Bonchev–Trinajstić information content (AvgIpc) is 2.18. The molecule has 0 saturated carbocycles. The number of nitrogens with one attached hydrogen (secondary N) is 1. The van der Waals surface area contributed by atoms with Crippen LogP contribution in [0.3, 0.4) is 0 Å². The summed E-state index contributed by atoms with van der Waals surface area (Å²) in [7, 11) is 0. The van der Waals surface area contributed by atoms with Gasteiger partial charge in [-0.05, 0) is 6.58 Å². The van der Waals surface area contributed by atoms with E-state index in [0.29, 0.717) is 0 Å². The Morgan fingerprint density at radius 1 is 1.27 bits per heavy atom. The highest BCUT2D eigenvalue weighted by atomic mass is 16.6. The van der Waals surface area contributed by atoms with Gasteiger partial charge in [0.25, 0.3) is 0 Å². The third kappa shape index (κ3) is 2.58. The molecule has 1 aliphatic rings. The lowest BCUT2D eigenvalue weighted by Gasteiger charge is -2.40. The standard InChI is InChI=1S/C8H15NO6/c1-3(11)9-5-7(13)6(12)4(2-10)15-8(5)14/h4-14H,1-2H2/t4-,5-,6-,7-,8-/m1/s1. The molecule has 7 nitrogen and oxygen atoms in total. The number of aliphatic hydroxyl groups is 5. The van der Waals surface area contributed by atoms with Gasteiger partial charge in [-0.3, -0.25) is 0 Å². The lowest BCUT2D eigenvalue weighted by atomic mass is 9.97. The second kappa shape index (κ2) is 4.77. The van der Waals surface area contributed by atoms with Crippen LogP contribution in [0.1, 0.15) is 0 Å². The molecule has 0 spiro atoms. The third-order valence-electron chi connectivity index (χ3n) is 2.23. The number of ether oxygens (including phenoxy) is 1. The van der Waals surface area contributed by atoms with Gasteiger partial charge >= 0.3 is 0 Å². The van der Waals surface area contributed by atoms with Crippen LogP contribution >= 0.6 is 0 Å². The summed E-state index contributed by atoms with van der Waals surface area (Å²) in [5.41, 5.74) is 0. The average molecular weight is 221 g/mol. The maximum absolute atomic E-state index is 9.54. The van der Waals surface area contributed by atoms with E-state index in [1.165, 1.54) is 0 Å². The van der Waals surface area contributed by atoms with Crippen molar-refractivity contribution in [2.75, 3.05) is 6.61 Å². The zero-order chi connectivity index (χ0) is 11.6. The second-order valence-corrected chi connectivity index (χ2v) is 3.35. The first kappa shape index (κ1) is 12.2. The Hall–Kier alpha value is -0.860. The Morgan fingerprint density at radius 3 is 2.33 bits per heavy atom. The molecule has 0 radical (unpaired) electrons. The Balaban J connectivity index is 2.70. The van der Waals surface area contributed by atoms with Crippen molar-refractivity contribution >= 4 is 0 Å². The van der Waals surface area contributed by atoms with Gasteiger partial charge in [0.1, 0.15) is 24.4 Å². The van der Waals surface area contributed by atoms with Crippen molar-refractivity contribution in [1.29, 1.82) is 0 Å². The molecule has 1 fully saturated rings. The van der Waals surface area contributed by atoms with Crippen LogP contribution in [-0.4, -0.2) is 62.8 Å². The summed E-state index contributed by atoms with van der Waals surface area (Å²) in [6, 6.07) is -1.10. The van der Waals surface area contributed by atoms with E-state index in [0.717, 1.165) is 0 Å². The zero-order valence-corrected chi connectivity index (χ0v) is 7.95.